The molecule has 0 saturated carbocycles. The molecule has 0 atom stereocenters. The lowest BCUT2D eigenvalue weighted by Crippen LogP contribution is -2.24. The number of para-hydroxylation sites is 1. The van der Waals surface area contributed by atoms with E-state index in [-0.39, 0.29) is 11.8 Å². The molecule has 200 valence electrons. The number of carbonyl (C=O) groups is 2. The van der Waals surface area contributed by atoms with Crippen LogP contribution in [-0.4, -0.2) is 45.1 Å². The third-order valence-corrected chi connectivity index (χ3v) is 6.12. The summed E-state index contributed by atoms with van der Waals surface area (Å²) < 4.78 is 5.36. The van der Waals surface area contributed by atoms with Crippen LogP contribution in [0.15, 0.2) is 24.3 Å². The van der Waals surface area contributed by atoms with Gasteiger partial charge in [-0.3, -0.25) is 9.59 Å². The molecule has 0 spiro atoms. The van der Waals surface area contributed by atoms with Crippen molar-refractivity contribution >= 4 is 11.8 Å². The van der Waals surface area contributed by atoms with Crippen molar-refractivity contribution in [3.8, 4) is 5.75 Å². The maximum atomic E-state index is 12.0. The van der Waals surface area contributed by atoms with Crippen molar-refractivity contribution in [2.75, 3.05) is 33.3 Å². The molecule has 0 saturated heterocycles. The van der Waals surface area contributed by atoms with Gasteiger partial charge < -0.3 is 26.4 Å². The average Bonchev–Trinajstić information content (AvgIpc) is 2.87. The number of carbonyl (C=O) groups excluding carboxylic acids is 2. The summed E-state index contributed by atoms with van der Waals surface area (Å²) in [5, 5.41) is 9.49. The second-order valence-corrected chi connectivity index (χ2v) is 9.22. The Labute approximate surface area is 213 Å². The van der Waals surface area contributed by atoms with Gasteiger partial charge in [0, 0.05) is 38.0 Å². The highest BCUT2D eigenvalue weighted by Gasteiger charge is 2.03. The van der Waals surface area contributed by atoms with Gasteiger partial charge in [0.15, 0.2) is 0 Å². The van der Waals surface area contributed by atoms with Crippen LogP contribution < -0.4 is 26.4 Å². The van der Waals surface area contributed by atoms with Crippen molar-refractivity contribution in [1.29, 1.82) is 0 Å². The Hall–Kier alpha value is -2.12. The van der Waals surface area contributed by atoms with Gasteiger partial charge in [-0.25, -0.2) is 0 Å². The van der Waals surface area contributed by atoms with Gasteiger partial charge in [0.1, 0.15) is 5.75 Å². The zero-order valence-corrected chi connectivity index (χ0v) is 22.0. The van der Waals surface area contributed by atoms with E-state index in [1.807, 2.05) is 18.2 Å². The number of rotatable bonds is 23. The largest absolute Gasteiger partial charge is 0.496 e. The first-order valence-corrected chi connectivity index (χ1v) is 13.7. The Morgan fingerprint density at radius 2 is 1.23 bits per heavy atom. The molecule has 1 aromatic carbocycles. The van der Waals surface area contributed by atoms with Crippen LogP contribution in [0.3, 0.4) is 0 Å². The van der Waals surface area contributed by atoms with Gasteiger partial charge in [-0.05, 0) is 57.7 Å². The fourth-order valence-electron chi connectivity index (χ4n) is 3.98. The molecule has 7 heteroatoms. The van der Waals surface area contributed by atoms with Crippen molar-refractivity contribution in [3.63, 3.8) is 0 Å². The van der Waals surface area contributed by atoms with Gasteiger partial charge in [-0.1, -0.05) is 56.7 Å². The van der Waals surface area contributed by atoms with E-state index in [1.54, 1.807) is 7.11 Å². The van der Waals surface area contributed by atoms with E-state index >= 15 is 0 Å². The van der Waals surface area contributed by atoms with E-state index in [4.69, 9.17) is 10.5 Å². The highest BCUT2D eigenvalue weighted by atomic mass is 16.5. The van der Waals surface area contributed by atoms with E-state index in [0.29, 0.717) is 19.4 Å². The average molecular weight is 491 g/mol. The van der Waals surface area contributed by atoms with Gasteiger partial charge in [0.05, 0.1) is 7.11 Å². The Balaban J connectivity index is 1.82. The zero-order valence-electron chi connectivity index (χ0n) is 22.0. The first kappa shape index (κ1) is 30.9. The van der Waals surface area contributed by atoms with Crippen LogP contribution in [0.1, 0.15) is 95.5 Å². The van der Waals surface area contributed by atoms with Crippen LogP contribution >= 0.6 is 0 Å². The van der Waals surface area contributed by atoms with Crippen molar-refractivity contribution in [1.82, 2.24) is 16.0 Å². The monoisotopic (exact) mass is 490 g/mol. The number of nitrogens with two attached hydrogens (primary N) is 1. The highest BCUT2D eigenvalue weighted by Crippen LogP contribution is 2.16. The summed E-state index contributed by atoms with van der Waals surface area (Å²) in [6, 6.07) is 8.06. The molecule has 35 heavy (non-hydrogen) atoms. The predicted octanol–water partition coefficient (Wildman–Crippen LogP) is 4.44. The molecular weight excluding hydrogens is 440 g/mol. The molecule has 7 nitrogen and oxygen atoms in total. The molecule has 5 N–H and O–H groups in total. The zero-order chi connectivity index (χ0) is 25.4. The molecule has 1 aromatic rings. The summed E-state index contributed by atoms with van der Waals surface area (Å²) in [5.41, 5.74) is 6.62. The fraction of sp³-hybridized carbons (Fsp3) is 0.714. The normalized spacial score (nSPS) is 10.8. The summed E-state index contributed by atoms with van der Waals surface area (Å²) in [7, 11) is 1.70. The van der Waals surface area contributed by atoms with Crippen LogP contribution in [0.25, 0.3) is 0 Å². The first-order chi connectivity index (χ1) is 17.2. The number of hydrogen-bond acceptors (Lipinski definition) is 5. The van der Waals surface area contributed by atoms with Crippen LogP contribution in [0, 0.1) is 0 Å². The van der Waals surface area contributed by atoms with Crippen LogP contribution in [-0.2, 0) is 16.1 Å². The molecule has 0 aliphatic rings. The van der Waals surface area contributed by atoms with E-state index in [0.717, 1.165) is 96.1 Å². The lowest BCUT2D eigenvalue weighted by atomic mass is 10.1. The molecule has 0 heterocycles. The summed E-state index contributed by atoms with van der Waals surface area (Å²) in [6.45, 7) is 4.01. The SMILES string of the molecule is COc1ccccc1CNCCCCCC(=O)NCCCCCCCCNC(=O)CCCCCN. The van der Waals surface area contributed by atoms with Crippen LogP contribution in [0.5, 0.6) is 5.75 Å². The lowest BCUT2D eigenvalue weighted by Gasteiger charge is -2.09. The third kappa shape index (κ3) is 17.9. The number of nitrogens with one attached hydrogen (secondary N) is 3. The van der Waals surface area contributed by atoms with Crippen molar-refractivity contribution in [2.24, 2.45) is 5.73 Å². The molecule has 0 aromatic heterocycles. The van der Waals surface area contributed by atoms with E-state index in [1.165, 1.54) is 18.4 Å². The maximum absolute atomic E-state index is 12.0. The Morgan fingerprint density at radius 3 is 1.83 bits per heavy atom. The van der Waals surface area contributed by atoms with Crippen LogP contribution in [0.2, 0.25) is 0 Å². The maximum Gasteiger partial charge on any atom is 0.219 e. The van der Waals surface area contributed by atoms with Gasteiger partial charge >= 0.3 is 0 Å². The Morgan fingerprint density at radius 1 is 0.714 bits per heavy atom. The molecule has 2 amide bonds. The van der Waals surface area contributed by atoms with Gasteiger partial charge in [0.2, 0.25) is 11.8 Å². The summed E-state index contributed by atoms with van der Waals surface area (Å²) in [4.78, 5) is 23.6. The second kappa shape index (κ2) is 22.4. The van der Waals surface area contributed by atoms with Crippen molar-refractivity contribution in [2.45, 2.75) is 96.4 Å². The molecule has 1 rings (SSSR count). The minimum absolute atomic E-state index is 0.165. The Kier molecular flexibility index (Phi) is 19.7. The molecule has 0 bridgehead atoms. The number of ether oxygens (including phenoxy) is 1. The topological polar surface area (TPSA) is 105 Å². The van der Waals surface area contributed by atoms with Crippen molar-refractivity contribution in [3.05, 3.63) is 29.8 Å². The molecule has 0 fully saturated rings. The summed E-state index contributed by atoms with van der Waals surface area (Å²) >= 11 is 0. The molecular formula is C28H50N4O3. The quantitative estimate of drug-likeness (QED) is 0.170. The predicted molar refractivity (Wildman–Crippen MR) is 144 cm³/mol. The summed E-state index contributed by atoms with van der Waals surface area (Å²) in [5.74, 6) is 1.26. The third-order valence-electron chi connectivity index (χ3n) is 6.12. The second-order valence-electron chi connectivity index (χ2n) is 9.22. The van der Waals surface area contributed by atoms with E-state index in [9.17, 15) is 9.59 Å². The van der Waals surface area contributed by atoms with Crippen molar-refractivity contribution < 1.29 is 14.3 Å². The lowest BCUT2D eigenvalue weighted by molar-refractivity contribution is -0.122. The highest BCUT2D eigenvalue weighted by molar-refractivity contribution is 5.76. The molecule has 0 aliphatic heterocycles. The summed E-state index contributed by atoms with van der Waals surface area (Å²) in [6.07, 6.45) is 14.0. The molecule has 0 unspecified atom stereocenters. The van der Waals surface area contributed by atoms with Gasteiger partial charge in [-0.2, -0.15) is 0 Å². The number of amides is 2. The number of hydrogen-bond donors (Lipinski definition) is 4. The molecule has 0 radical (unpaired) electrons. The minimum atomic E-state index is 0.165. The van der Waals surface area contributed by atoms with Gasteiger partial charge in [-0.15, -0.1) is 0 Å². The standard InChI is InChI=1S/C28H50N4O3/c1-35-26-17-11-10-16-25(26)24-30-21-13-7-9-19-28(34)32-23-15-5-3-2-4-14-22-31-27(33)18-8-6-12-20-29/h10-11,16-17,30H,2-9,12-15,18-24,29H2,1H3,(H,31,33)(H,32,34). The first-order valence-electron chi connectivity index (χ1n) is 13.7. The van der Waals surface area contributed by atoms with Crippen LogP contribution in [0.4, 0.5) is 0 Å². The Bertz CT molecular complexity index is 669. The smallest absolute Gasteiger partial charge is 0.219 e. The molecule has 0 aliphatic carbocycles. The minimum Gasteiger partial charge on any atom is -0.496 e. The van der Waals surface area contributed by atoms with E-state index < -0.39 is 0 Å². The number of unbranched alkanes of at least 4 members (excludes halogenated alkanes) is 9. The fourth-order valence-corrected chi connectivity index (χ4v) is 3.98. The van der Waals surface area contributed by atoms with E-state index in [2.05, 4.69) is 22.0 Å². The number of benzene rings is 1. The number of methoxy groups -OCH3 is 1. The van der Waals surface area contributed by atoms with Gasteiger partial charge in [0.25, 0.3) is 0 Å².